The number of esters is 1. The van der Waals surface area contributed by atoms with Crippen molar-refractivity contribution in [3.05, 3.63) is 76.1 Å². The molecule has 2 heterocycles. The topological polar surface area (TPSA) is 90.7 Å². The molecule has 1 aliphatic heterocycles. The highest BCUT2D eigenvalue weighted by molar-refractivity contribution is 6.32. The highest BCUT2D eigenvalue weighted by Crippen LogP contribution is 2.29. The van der Waals surface area contributed by atoms with E-state index >= 15 is 0 Å². The van der Waals surface area contributed by atoms with Crippen molar-refractivity contribution in [3.8, 4) is 5.75 Å². The third kappa shape index (κ3) is 4.09. The summed E-state index contributed by atoms with van der Waals surface area (Å²) in [6, 6.07) is 11.4. The van der Waals surface area contributed by atoms with Crippen LogP contribution in [0.2, 0.25) is 5.02 Å². The Morgan fingerprint density at radius 2 is 1.85 bits per heavy atom. The molecular formula is C24H22ClN3O5. The number of amides is 1. The molecular weight excluding hydrogens is 446 g/mol. The van der Waals surface area contributed by atoms with E-state index < -0.39 is 5.97 Å². The lowest BCUT2D eigenvalue weighted by Crippen LogP contribution is -2.47. The maximum Gasteiger partial charge on any atom is 0.342 e. The lowest BCUT2D eigenvalue weighted by Gasteiger charge is -2.34. The zero-order chi connectivity index (χ0) is 23.7. The van der Waals surface area contributed by atoms with E-state index in [-0.39, 0.29) is 35.6 Å². The van der Waals surface area contributed by atoms with E-state index in [0.717, 1.165) is 0 Å². The highest BCUT2D eigenvalue weighted by atomic mass is 35.5. The van der Waals surface area contributed by atoms with E-state index in [1.54, 1.807) is 54.3 Å². The van der Waals surface area contributed by atoms with Crippen LogP contribution >= 0.6 is 11.6 Å². The fourth-order valence-electron chi connectivity index (χ4n) is 3.87. The molecule has 0 saturated carbocycles. The number of rotatable bonds is 6. The van der Waals surface area contributed by atoms with Crippen molar-refractivity contribution in [2.24, 2.45) is 0 Å². The molecule has 0 unspecified atom stereocenters. The molecule has 0 bridgehead atoms. The van der Waals surface area contributed by atoms with Gasteiger partial charge in [-0.3, -0.25) is 14.3 Å². The highest BCUT2D eigenvalue weighted by Gasteiger charge is 2.36. The van der Waals surface area contributed by atoms with Gasteiger partial charge in [-0.15, -0.1) is 0 Å². The van der Waals surface area contributed by atoms with Gasteiger partial charge in [0.15, 0.2) is 5.78 Å². The second kappa shape index (κ2) is 9.07. The van der Waals surface area contributed by atoms with Crippen molar-refractivity contribution in [2.75, 3.05) is 18.6 Å². The van der Waals surface area contributed by atoms with Gasteiger partial charge in [0.2, 0.25) is 0 Å². The van der Waals surface area contributed by atoms with Crippen LogP contribution in [0.15, 0.2) is 48.7 Å². The first-order chi connectivity index (χ1) is 15.8. The minimum Gasteiger partial charge on any atom is -0.495 e. The number of nitrogens with zero attached hydrogens (tertiary/aromatic N) is 3. The van der Waals surface area contributed by atoms with E-state index in [2.05, 4.69) is 5.10 Å². The predicted molar refractivity (Wildman–Crippen MR) is 122 cm³/mol. The Morgan fingerprint density at radius 3 is 2.52 bits per heavy atom. The molecule has 170 valence electrons. The Balaban J connectivity index is 1.62. The average molecular weight is 468 g/mol. The molecule has 0 fully saturated rings. The maximum absolute atomic E-state index is 13.3. The van der Waals surface area contributed by atoms with Gasteiger partial charge in [-0.05, 0) is 56.3 Å². The third-order valence-corrected chi connectivity index (χ3v) is 5.77. The van der Waals surface area contributed by atoms with Crippen LogP contribution < -0.4 is 9.64 Å². The van der Waals surface area contributed by atoms with Gasteiger partial charge >= 0.3 is 5.97 Å². The van der Waals surface area contributed by atoms with Crippen molar-refractivity contribution in [1.29, 1.82) is 0 Å². The van der Waals surface area contributed by atoms with Gasteiger partial charge < -0.3 is 14.4 Å². The molecule has 1 amide bonds. The number of hydrogen-bond donors (Lipinski definition) is 0. The third-order valence-electron chi connectivity index (χ3n) is 5.46. The SMILES string of the molecule is CCOC(=O)c1cnn2c1C(=O)N(c1ccc(C(=O)c3ccc(Cl)c(OC)c3)cc1)[C@@H](C)C2. The van der Waals surface area contributed by atoms with Crippen molar-refractivity contribution in [2.45, 2.75) is 26.4 Å². The number of ether oxygens (including phenoxy) is 2. The molecule has 8 nitrogen and oxygen atoms in total. The summed E-state index contributed by atoms with van der Waals surface area (Å²) in [5.41, 5.74) is 1.84. The monoisotopic (exact) mass is 467 g/mol. The fourth-order valence-corrected chi connectivity index (χ4v) is 4.06. The van der Waals surface area contributed by atoms with Crippen LogP contribution in [0.4, 0.5) is 5.69 Å². The summed E-state index contributed by atoms with van der Waals surface area (Å²) in [4.78, 5) is 40.1. The summed E-state index contributed by atoms with van der Waals surface area (Å²) in [5.74, 6) is -0.713. The largest absolute Gasteiger partial charge is 0.495 e. The van der Waals surface area contributed by atoms with Gasteiger partial charge in [0.25, 0.3) is 5.91 Å². The van der Waals surface area contributed by atoms with Crippen LogP contribution in [0.25, 0.3) is 0 Å². The summed E-state index contributed by atoms with van der Waals surface area (Å²) >= 11 is 6.05. The molecule has 2 aromatic carbocycles. The molecule has 1 atom stereocenters. The summed E-state index contributed by atoms with van der Waals surface area (Å²) in [6.45, 7) is 4.22. The van der Waals surface area contributed by atoms with Gasteiger partial charge in [0.1, 0.15) is 17.0 Å². The minimum atomic E-state index is -0.582. The van der Waals surface area contributed by atoms with Crippen molar-refractivity contribution in [3.63, 3.8) is 0 Å². The lowest BCUT2D eigenvalue weighted by molar-refractivity contribution is 0.0522. The normalized spacial score (nSPS) is 15.2. The quantitative estimate of drug-likeness (QED) is 0.402. The fraction of sp³-hybridized carbons (Fsp3) is 0.250. The number of hydrogen-bond acceptors (Lipinski definition) is 6. The average Bonchev–Trinajstić information content (AvgIpc) is 3.24. The second-order valence-corrected chi connectivity index (χ2v) is 7.97. The van der Waals surface area contributed by atoms with Crippen LogP contribution in [0.1, 0.15) is 50.6 Å². The molecule has 9 heteroatoms. The first-order valence-corrected chi connectivity index (χ1v) is 10.8. The Kier molecular flexibility index (Phi) is 6.20. The van der Waals surface area contributed by atoms with Crippen LogP contribution in [-0.2, 0) is 11.3 Å². The zero-order valence-corrected chi connectivity index (χ0v) is 19.1. The molecule has 33 heavy (non-hydrogen) atoms. The Hall–Kier alpha value is -3.65. The maximum atomic E-state index is 13.3. The van der Waals surface area contributed by atoms with Gasteiger partial charge in [0, 0.05) is 16.8 Å². The van der Waals surface area contributed by atoms with E-state index in [1.165, 1.54) is 18.0 Å². The number of aromatic nitrogens is 2. The van der Waals surface area contributed by atoms with Crippen molar-refractivity contribution in [1.82, 2.24) is 9.78 Å². The first-order valence-electron chi connectivity index (χ1n) is 10.4. The molecule has 1 aliphatic rings. The van der Waals surface area contributed by atoms with Crippen LogP contribution in [0.5, 0.6) is 5.75 Å². The number of carbonyl (C=O) groups excluding carboxylic acids is 3. The van der Waals surface area contributed by atoms with Crippen LogP contribution in [-0.4, -0.2) is 47.2 Å². The molecule has 0 N–H and O–H groups in total. The van der Waals surface area contributed by atoms with Gasteiger partial charge in [-0.25, -0.2) is 4.79 Å². The number of anilines is 1. The number of methoxy groups -OCH3 is 1. The molecule has 0 aliphatic carbocycles. The van der Waals surface area contributed by atoms with Gasteiger partial charge in [-0.2, -0.15) is 5.10 Å². The lowest BCUT2D eigenvalue weighted by atomic mass is 10.0. The number of carbonyl (C=O) groups is 3. The number of ketones is 1. The van der Waals surface area contributed by atoms with Gasteiger partial charge in [0.05, 0.1) is 37.5 Å². The standard InChI is InChI=1S/C24H22ClN3O5/c1-4-33-24(31)18-12-26-27-13-14(2)28(23(30)21(18)27)17-8-5-15(6-9-17)22(29)16-7-10-19(25)20(11-16)32-3/h5-12,14H,4,13H2,1-3H3/t14-/m0/s1. The van der Waals surface area contributed by atoms with Gasteiger partial charge in [-0.1, -0.05) is 11.6 Å². The van der Waals surface area contributed by atoms with Crippen molar-refractivity contribution >= 4 is 34.9 Å². The Bertz CT molecular complexity index is 1240. The smallest absolute Gasteiger partial charge is 0.342 e. The van der Waals surface area contributed by atoms with E-state index in [4.69, 9.17) is 21.1 Å². The molecule has 0 saturated heterocycles. The molecule has 3 aromatic rings. The molecule has 0 radical (unpaired) electrons. The Labute approximate surface area is 195 Å². The summed E-state index contributed by atoms with van der Waals surface area (Å²) < 4.78 is 11.8. The number of benzene rings is 2. The summed E-state index contributed by atoms with van der Waals surface area (Å²) in [5, 5.41) is 4.60. The van der Waals surface area contributed by atoms with E-state index in [0.29, 0.717) is 34.1 Å². The minimum absolute atomic E-state index is 0.141. The number of halogens is 1. The number of fused-ring (bicyclic) bond motifs is 1. The van der Waals surface area contributed by atoms with Crippen LogP contribution in [0, 0.1) is 0 Å². The van der Waals surface area contributed by atoms with E-state index in [9.17, 15) is 14.4 Å². The molecule has 1 aromatic heterocycles. The second-order valence-electron chi connectivity index (χ2n) is 7.56. The van der Waals surface area contributed by atoms with Crippen molar-refractivity contribution < 1.29 is 23.9 Å². The Morgan fingerprint density at radius 1 is 1.15 bits per heavy atom. The van der Waals surface area contributed by atoms with E-state index in [1.807, 2.05) is 6.92 Å². The molecule has 4 rings (SSSR count). The molecule has 0 spiro atoms. The summed E-state index contributed by atoms with van der Waals surface area (Å²) in [7, 11) is 1.49. The van der Waals surface area contributed by atoms with Crippen LogP contribution in [0.3, 0.4) is 0 Å². The predicted octanol–water partition coefficient (Wildman–Crippen LogP) is 4.00. The first kappa shape index (κ1) is 22.5. The summed E-state index contributed by atoms with van der Waals surface area (Å²) in [6.07, 6.45) is 1.36. The zero-order valence-electron chi connectivity index (χ0n) is 18.4.